The van der Waals surface area contributed by atoms with Gasteiger partial charge in [-0.2, -0.15) is 0 Å². The Balaban J connectivity index is 1.95. The normalized spacial score (nSPS) is 14.1. The molecule has 1 aliphatic heterocycles. The maximum absolute atomic E-state index is 13.4. The van der Waals surface area contributed by atoms with E-state index in [2.05, 4.69) is 5.32 Å². The maximum atomic E-state index is 13.4. The minimum Gasteiger partial charge on any atom is -0.322 e. The Morgan fingerprint density at radius 2 is 2.04 bits per heavy atom. The lowest BCUT2D eigenvalue weighted by Gasteiger charge is -2.20. The molecule has 0 atom stereocenters. The molecule has 1 aliphatic rings. The summed E-state index contributed by atoms with van der Waals surface area (Å²) in [5.41, 5.74) is 1.96. The van der Waals surface area contributed by atoms with Crippen molar-refractivity contribution in [1.82, 2.24) is 0 Å². The number of aryl methyl sites for hydroxylation is 1. The molecule has 0 saturated carbocycles. The highest BCUT2D eigenvalue weighted by molar-refractivity contribution is 6.31. The molecule has 1 heterocycles. The van der Waals surface area contributed by atoms with Crippen LogP contribution in [0.5, 0.6) is 0 Å². The molecule has 1 fully saturated rings. The number of halogens is 2. The van der Waals surface area contributed by atoms with Crippen LogP contribution in [0.15, 0.2) is 36.4 Å². The van der Waals surface area contributed by atoms with Crippen molar-refractivity contribution < 1.29 is 14.0 Å². The first kappa shape index (κ1) is 16.5. The number of hydrogen-bond acceptors (Lipinski definition) is 2. The average molecular weight is 347 g/mol. The molecule has 0 radical (unpaired) electrons. The first-order valence-corrected chi connectivity index (χ1v) is 8.01. The number of benzene rings is 2. The molecule has 2 aromatic carbocycles. The van der Waals surface area contributed by atoms with E-state index in [4.69, 9.17) is 11.6 Å². The second kappa shape index (κ2) is 6.61. The number of carbonyl (C=O) groups is 2. The molecule has 0 unspecified atom stereocenters. The average Bonchev–Trinajstić information content (AvgIpc) is 2.96. The van der Waals surface area contributed by atoms with Gasteiger partial charge in [0.15, 0.2) is 0 Å². The fraction of sp³-hybridized carbons (Fsp3) is 0.222. The highest BCUT2D eigenvalue weighted by Gasteiger charge is 2.26. The molecule has 4 nitrogen and oxygen atoms in total. The van der Waals surface area contributed by atoms with E-state index in [-0.39, 0.29) is 5.91 Å². The van der Waals surface area contributed by atoms with E-state index in [1.165, 1.54) is 12.1 Å². The van der Waals surface area contributed by atoms with Crippen LogP contribution in [-0.2, 0) is 4.79 Å². The van der Waals surface area contributed by atoms with Crippen molar-refractivity contribution in [2.24, 2.45) is 0 Å². The minimum absolute atomic E-state index is 0.0340. The second-order valence-electron chi connectivity index (χ2n) is 5.72. The first-order chi connectivity index (χ1) is 11.5. The lowest BCUT2D eigenvalue weighted by Crippen LogP contribution is -2.27. The van der Waals surface area contributed by atoms with Gasteiger partial charge in [-0.3, -0.25) is 9.59 Å². The summed E-state index contributed by atoms with van der Waals surface area (Å²) in [5, 5.41) is 3.15. The van der Waals surface area contributed by atoms with E-state index in [1.807, 2.05) is 0 Å². The Labute approximate surface area is 144 Å². The molecule has 0 aromatic heterocycles. The van der Waals surface area contributed by atoms with Gasteiger partial charge < -0.3 is 10.2 Å². The Kier molecular flexibility index (Phi) is 4.53. The molecular weight excluding hydrogens is 331 g/mol. The van der Waals surface area contributed by atoms with Crippen LogP contribution in [0, 0.1) is 12.7 Å². The number of nitrogens with zero attached hydrogens (tertiary/aromatic N) is 1. The number of carbonyl (C=O) groups excluding carboxylic acids is 2. The number of rotatable bonds is 3. The Morgan fingerprint density at radius 1 is 1.25 bits per heavy atom. The summed E-state index contributed by atoms with van der Waals surface area (Å²) in [6, 6.07) is 8.98. The van der Waals surface area contributed by atoms with Crippen LogP contribution in [0.1, 0.15) is 28.8 Å². The topological polar surface area (TPSA) is 49.4 Å². The van der Waals surface area contributed by atoms with Gasteiger partial charge >= 0.3 is 0 Å². The van der Waals surface area contributed by atoms with Crippen molar-refractivity contribution in [2.75, 3.05) is 16.8 Å². The smallest absolute Gasteiger partial charge is 0.257 e. The first-order valence-electron chi connectivity index (χ1n) is 7.63. The van der Waals surface area contributed by atoms with Gasteiger partial charge in [-0.15, -0.1) is 0 Å². The zero-order valence-electron chi connectivity index (χ0n) is 13.1. The number of amides is 2. The van der Waals surface area contributed by atoms with Crippen LogP contribution >= 0.6 is 11.6 Å². The van der Waals surface area contributed by atoms with Gasteiger partial charge in [-0.05, 0) is 49.2 Å². The minimum atomic E-state index is -0.429. The zero-order chi connectivity index (χ0) is 17.3. The monoisotopic (exact) mass is 346 g/mol. The van der Waals surface area contributed by atoms with E-state index >= 15 is 0 Å². The van der Waals surface area contributed by atoms with Crippen molar-refractivity contribution in [2.45, 2.75) is 19.8 Å². The fourth-order valence-electron chi connectivity index (χ4n) is 2.74. The lowest BCUT2D eigenvalue weighted by atomic mass is 10.1. The second-order valence-corrected chi connectivity index (χ2v) is 6.16. The van der Waals surface area contributed by atoms with Gasteiger partial charge in [0.2, 0.25) is 5.91 Å². The molecule has 6 heteroatoms. The van der Waals surface area contributed by atoms with Gasteiger partial charge in [-0.25, -0.2) is 4.39 Å². The molecule has 124 valence electrons. The van der Waals surface area contributed by atoms with Crippen LogP contribution in [-0.4, -0.2) is 18.4 Å². The summed E-state index contributed by atoms with van der Waals surface area (Å²) in [4.78, 5) is 26.2. The molecule has 0 aliphatic carbocycles. The molecule has 24 heavy (non-hydrogen) atoms. The van der Waals surface area contributed by atoms with Gasteiger partial charge in [0, 0.05) is 23.7 Å². The van der Waals surface area contributed by atoms with Gasteiger partial charge in [0.1, 0.15) is 5.82 Å². The summed E-state index contributed by atoms with van der Waals surface area (Å²) < 4.78 is 13.4. The van der Waals surface area contributed by atoms with Gasteiger partial charge in [0.05, 0.1) is 11.3 Å². The number of anilines is 2. The Hall–Kier alpha value is -2.40. The van der Waals surface area contributed by atoms with E-state index in [1.54, 1.807) is 36.1 Å². The molecule has 0 bridgehead atoms. The fourth-order valence-corrected chi connectivity index (χ4v) is 2.91. The standard InChI is InChI=1S/C18H16ClFN2O2/c1-11-4-6-13(20)10-15(11)21-18(24)14-7-5-12(19)9-16(14)22-8-2-3-17(22)23/h4-7,9-10H,2-3,8H2,1H3,(H,21,24). The molecule has 2 aromatic rings. The zero-order valence-corrected chi connectivity index (χ0v) is 13.9. The summed E-state index contributed by atoms with van der Waals surface area (Å²) in [5.74, 6) is -0.870. The quantitative estimate of drug-likeness (QED) is 0.907. The summed E-state index contributed by atoms with van der Waals surface area (Å²) in [7, 11) is 0. The van der Waals surface area contributed by atoms with Crippen molar-refractivity contribution >= 4 is 34.8 Å². The highest BCUT2D eigenvalue weighted by Crippen LogP contribution is 2.29. The van der Waals surface area contributed by atoms with Crippen LogP contribution in [0.25, 0.3) is 0 Å². The molecule has 1 N–H and O–H groups in total. The van der Waals surface area contributed by atoms with Crippen LogP contribution < -0.4 is 10.2 Å². The molecule has 1 saturated heterocycles. The van der Waals surface area contributed by atoms with Crippen molar-refractivity contribution in [3.05, 3.63) is 58.4 Å². The predicted octanol–water partition coefficient (Wildman–Crippen LogP) is 4.17. The third-order valence-corrected chi connectivity index (χ3v) is 4.25. The number of nitrogens with one attached hydrogen (secondary N) is 1. The van der Waals surface area contributed by atoms with Gasteiger partial charge in [-0.1, -0.05) is 17.7 Å². The molecular formula is C18H16ClFN2O2. The number of hydrogen-bond donors (Lipinski definition) is 1. The van der Waals surface area contributed by atoms with Crippen molar-refractivity contribution in [1.29, 1.82) is 0 Å². The van der Waals surface area contributed by atoms with E-state index in [9.17, 15) is 14.0 Å². The third-order valence-electron chi connectivity index (χ3n) is 4.02. The summed E-state index contributed by atoms with van der Waals surface area (Å²) in [6.07, 6.45) is 1.20. The SMILES string of the molecule is Cc1ccc(F)cc1NC(=O)c1ccc(Cl)cc1N1CCCC1=O. The Bertz CT molecular complexity index is 823. The van der Waals surface area contributed by atoms with Gasteiger partial charge in [0.25, 0.3) is 5.91 Å². The van der Waals surface area contributed by atoms with E-state index < -0.39 is 11.7 Å². The van der Waals surface area contributed by atoms with E-state index in [0.29, 0.717) is 34.9 Å². The van der Waals surface area contributed by atoms with Crippen LogP contribution in [0.3, 0.4) is 0 Å². The molecule has 3 rings (SSSR count). The van der Waals surface area contributed by atoms with E-state index in [0.717, 1.165) is 12.0 Å². The Morgan fingerprint density at radius 3 is 2.75 bits per heavy atom. The van der Waals surface area contributed by atoms with Crippen molar-refractivity contribution in [3.8, 4) is 0 Å². The summed E-state index contributed by atoms with van der Waals surface area (Å²) >= 11 is 6.03. The molecule has 0 spiro atoms. The lowest BCUT2D eigenvalue weighted by molar-refractivity contribution is -0.117. The highest BCUT2D eigenvalue weighted by atomic mass is 35.5. The van der Waals surface area contributed by atoms with Crippen LogP contribution in [0.4, 0.5) is 15.8 Å². The largest absolute Gasteiger partial charge is 0.322 e. The molecule has 2 amide bonds. The summed E-state index contributed by atoms with van der Waals surface area (Å²) in [6.45, 7) is 2.33. The predicted molar refractivity (Wildman–Crippen MR) is 92.1 cm³/mol. The third kappa shape index (κ3) is 3.26. The van der Waals surface area contributed by atoms with Crippen LogP contribution in [0.2, 0.25) is 5.02 Å². The maximum Gasteiger partial charge on any atom is 0.257 e. The van der Waals surface area contributed by atoms with Crippen molar-refractivity contribution in [3.63, 3.8) is 0 Å².